The van der Waals surface area contributed by atoms with Crippen LogP contribution in [-0.4, -0.2) is 47.8 Å². The Kier molecular flexibility index (Phi) is 4.35. The summed E-state index contributed by atoms with van der Waals surface area (Å²) in [5.74, 6) is 1.94. The topological polar surface area (TPSA) is 87.7 Å². The quantitative estimate of drug-likeness (QED) is 0.847. The van der Waals surface area contributed by atoms with E-state index in [-0.39, 0.29) is 11.2 Å². The molecule has 29 heavy (non-hydrogen) atoms. The van der Waals surface area contributed by atoms with Crippen LogP contribution in [0.2, 0.25) is 0 Å². The lowest BCUT2D eigenvalue weighted by atomic mass is 9.80. The molecule has 3 aliphatic heterocycles. The number of para-hydroxylation sites is 1. The van der Waals surface area contributed by atoms with E-state index in [0.29, 0.717) is 19.5 Å². The highest BCUT2D eigenvalue weighted by Gasteiger charge is 2.33. The van der Waals surface area contributed by atoms with Crippen molar-refractivity contribution < 1.29 is 4.79 Å². The van der Waals surface area contributed by atoms with Gasteiger partial charge in [0, 0.05) is 31.6 Å². The van der Waals surface area contributed by atoms with Crippen molar-refractivity contribution in [3.05, 3.63) is 47.4 Å². The summed E-state index contributed by atoms with van der Waals surface area (Å²) < 4.78 is 0. The molecule has 150 valence electrons. The first-order valence-electron chi connectivity index (χ1n) is 10.3. The maximum absolute atomic E-state index is 12.3. The third kappa shape index (κ3) is 3.09. The number of amidine groups is 1. The molecule has 2 N–H and O–H groups in total. The van der Waals surface area contributed by atoms with E-state index in [2.05, 4.69) is 16.7 Å². The molecule has 3 aliphatic rings. The summed E-state index contributed by atoms with van der Waals surface area (Å²) in [4.78, 5) is 31.1. The van der Waals surface area contributed by atoms with E-state index in [0.717, 1.165) is 66.8 Å². The van der Waals surface area contributed by atoms with E-state index < -0.39 is 0 Å². The lowest BCUT2D eigenvalue weighted by Crippen LogP contribution is -2.42. The number of anilines is 2. The molecule has 0 unspecified atom stereocenters. The Balaban J connectivity index is 1.39. The molecule has 0 amide bonds. The number of benzene rings is 1. The molecule has 0 aliphatic carbocycles. The van der Waals surface area contributed by atoms with Crippen LogP contribution in [0.15, 0.2) is 35.5 Å². The van der Waals surface area contributed by atoms with Gasteiger partial charge in [-0.15, -0.1) is 0 Å². The molecule has 1 aromatic heterocycles. The monoisotopic (exact) mass is 390 g/mol. The molecular weight excluding hydrogens is 364 g/mol. The van der Waals surface area contributed by atoms with Crippen molar-refractivity contribution in [3.63, 3.8) is 0 Å². The highest BCUT2D eigenvalue weighted by atomic mass is 16.1. The van der Waals surface area contributed by atoms with Crippen LogP contribution in [-0.2, 0) is 6.54 Å². The fourth-order valence-electron chi connectivity index (χ4n) is 4.42. The highest BCUT2D eigenvalue weighted by molar-refractivity contribution is 6.16. The van der Waals surface area contributed by atoms with E-state index in [9.17, 15) is 4.79 Å². The number of aliphatic imine (C=N–C) groups is 1. The largest absolute Gasteiger partial charge is 0.355 e. The molecule has 1 saturated heterocycles. The molecular formula is C22H26N6O. The predicted molar refractivity (Wildman–Crippen MR) is 114 cm³/mol. The van der Waals surface area contributed by atoms with E-state index in [1.54, 1.807) is 0 Å². The van der Waals surface area contributed by atoms with Gasteiger partial charge in [-0.25, -0.2) is 9.97 Å². The molecule has 7 nitrogen and oxygen atoms in total. The Bertz CT molecular complexity index is 993. The SMILES string of the molecule is CC1(CN)CCN(c2cnc3c(n2)CN=C3N2CCC(=O)c3ccccc32)CC1. The number of ketones is 1. The average Bonchev–Trinajstić information content (AvgIpc) is 3.18. The molecule has 2 aromatic rings. The third-order valence-corrected chi connectivity index (χ3v) is 6.52. The van der Waals surface area contributed by atoms with Crippen LogP contribution in [0.5, 0.6) is 0 Å². The first-order valence-corrected chi connectivity index (χ1v) is 10.3. The predicted octanol–water partition coefficient (Wildman–Crippen LogP) is 2.40. The minimum atomic E-state index is 0.187. The maximum Gasteiger partial charge on any atom is 0.166 e. The minimum absolute atomic E-state index is 0.187. The second-order valence-corrected chi connectivity index (χ2v) is 8.51. The van der Waals surface area contributed by atoms with E-state index >= 15 is 0 Å². The molecule has 1 fully saturated rings. The Morgan fingerprint density at radius 1 is 1.17 bits per heavy atom. The Labute approximate surface area is 170 Å². The van der Waals surface area contributed by atoms with Gasteiger partial charge in [0.05, 0.1) is 24.1 Å². The van der Waals surface area contributed by atoms with Gasteiger partial charge in [0.1, 0.15) is 11.5 Å². The number of fused-ring (bicyclic) bond motifs is 2. The van der Waals surface area contributed by atoms with Crippen LogP contribution < -0.4 is 15.5 Å². The van der Waals surface area contributed by atoms with Crippen LogP contribution in [0.3, 0.4) is 0 Å². The van der Waals surface area contributed by atoms with Gasteiger partial charge in [0.2, 0.25) is 0 Å². The second kappa shape index (κ2) is 6.91. The van der Waals surface area contributed by atoms with Crippen LogP contribution in [0.4, 0.5) is 11.5 Å². The summed E-state index contributed by atoms with van der Waals surface area (Å²) in [6.45, 7) is 6.06. The van der Waals surface area contributed by atoms with E-state index in [1.165, 1.54) is 0 Å². The fraction of sp³-hybridized carbons (Fsp3) is 0.455. The number of nitrogens with zero attached hydrogens (tertiary/aromatic N) is 5. The second-order valence-electron chi connectivity index (χ2n) is 8.51. The van der Waals surface area contributed by atoms with Crippen LogP contribution in [0.1, 0.15) is 47.9 Å². The zero-order valence-electron chi connectivity index (χ0n) is 16.8. The van der Waals surface area contributed by atoms with Gasteiger partial charge in [0.15, 0.2) is 11.6 Å². The van der Waals surface area contributed by atoms with Gasteiger partial charge < -0.3 is 15.5 Å². The van der Waals surface area contributed by atoms with Gasteiger partial charge in [0.25, 0.3) is 0 Å². The summed E-state index contributed by atoms with van der Waals surface area (Å²) in [5, 5.41) is 0. The molecule has 0 spiro atoms. The number of hydrogen-bond acceptors (Lipinski definition) is 7. The van der Waals surface area contributed by atoms with E-state index in [4.69, 9.17) is 20.7 Å². The number of aromatic nitrogens is 2. The molecule has 1 aromatic carbocycles. The van der Waals surface area contributed by atoms with Crippen molar-refractivity contribution in [3.8, 4) is 0 Å². The maximum atomic E-state index is 12.3. The van der Waals surface area contributed by atoms with Crippen LogP contribution in [0.25, 0.3) is 0 Å². The van der Waals surface area contributed by atoms with Crippen molar-refractivity contribution in [2.24, 2.45) is 16.1 Å². The number of nitrogens with two attached hydrogens (primary N) is 1. The Morgan fingerprint density at radius 3 is 2.76 bits per heavy atom. The van der Waals surface area contributed by atoms with Crippen molar-refractivity contribution >= 4 is 23.1 Å². The molecule has 4 heterocycles. The number of rotatable bonds is 2. The molecule has 0 atom stereocenters. The van der Waals surface area contributed by atoms with Gasteiger partial charge in [-0.3, -0.25) is 9.79 Å². The van der Waals surface area contributed by atoms with Gasteiger partial charge in [-0.2, -0.15) is 0 Å². The summed E-state index contributed by atoms with van der Waals surface area (Å²) >= 11 is 0. The number of piperidine rings is 1. The van der Waals surface area contributed by atoms with E-state index in [1.807, 2.05) is 30.5 Å². The standard InChI is InChI=1S/C22H26N6O/c1-22(14-23)7-10-27(11-8-22)19-13-24-20-16(26-19)12-25-21(20)28-9-6-18(29)15-4-2-3-5-17(15)28/h2-5,13H,6-12,14,23H2,1H3. The van der Waals surface area contributed by atoms with Crippen LogP contribution in [0, 0.1) is 5.41 Å². The van der Waals surface area contributed by atoms with Crippen molar-refractivity contribution in [1.29, 1.82) is 0 Å². The molecule has 5 rings (SSSR count). The van der Waals surface area contributed by atoms with Crippen molar-refractivity contribution in [2.75, 3.05) is 36.0 Å². The van der Waals surface area contributed by atoms with Crippen molar-refractivity contribution in [2.45, 2.75) is 32.7 Å². The van der Waals surface area contributed by atoms with Gasteiger partial charge >= 0.3 is 0 Å². The Morgan fingerprint density at radius 2 is 1.97 bits per heavy atom. The molecule has 0 radical (unpaired) electrons. The number of Topliss-reactive ketones (excluding diaryl/α,β-unsaturated/α-hetero) is 1. The number of carbonyl (C=O) groups excluding carboxylic acids is 1. The summed E-state index contributed by atoms with van der Waals surface area (Å²) in [7, 11) is 0. The fourth-order valence-corrected chi connectivity index (χ4v) is 4.42. The normalized spacial score (nSPS) is 20.3. The summed E-state index contributed by atoms with van der Waals surface area (Å²) in [6.07, 6.45) is 4.50. The zero-order chi connectivity index (χ0) is 20.0. The minimum Gasteiger partial charge on any atom is -0.355 e. The number of carbonyl (C=O) groups is 1. The highest BCUT2D eigenvalue weighted by Crippen LogP contribution is 2.33. The van der Waals surface area contributed by atoms with Crippen molar-refractivity contribution in [1.82, 2.24) is 9.97 Å². The third-order valence-electron chi connectivity index (χ3n) is 6.52. The summed E-state index contributed by atoms with van der Waals surface area (Å²) in [6, 6.07) is 7.74. The first-order chi connectivity index (χ1) is 14.1. The smallest absolute Gasteiger partial charge is 0.166 e. The lowest BCUT2D eigenvalue weighted by Gasteiger charge is -2.39. The lowest BCUT2D eigenvalue weighted by molar-refractivity contribution is 0.0981. The molecule has 7 heteroatoms. The number of hydrogen-bond donors (Lipinski definition) is 1. The zero-order valence-corrected chi connectivity index (χ0v) is 16.8. The summed E-state index contributed by atoms with van der Waals surface area (Å²) in [5.41, 5.74) is 9.59. The van der Waals surface area contributed by atoms with Gasteiger partial charge in [-0.05, 0) is 36.9 Å². The average molecular weight is 390 g/mol. The Hall–Kier alpha value is -2.80. The van der Waals surface area contributed by atoms with Gasteiger partial charge in [-0.1, -0.05) is 19.1 Å². The molecule has 0 bridgehead atoms. The molecule has 0 saturated carbocycles. The van der Waals surface area contributed by atoms with Crippen LogP contribution >= 0.6 is 0 Å². The first kappa shape index (κ1) is 18.2.